The van der Waals surface area contributed by atoms with E-state index in [-0.39, 0.29) is 0 Å². The van der Waals surface area contributed by atoms with Crippen molar-refractivity contribution < 1.29 is 4.48 Å². The molecule has 0 saturated carbocycles. The lowest BCUT2D eigenvalue weighted by molar-refractivity contribution is -0.889. The Morgan fingerprint density at radius 1 is 1.18 bits per heavy atom. The van der Waals surface area contributed by atoms with Gasteiger partial charge in [0, 0.05) is 5.39 Å². The minimum Gasteiger partial charge on any atom is -0.303 e. The first-order chi connectivity index (χ1) is 10.4. The van der Waals surface area contributed by atoms with Gasteiger partial charge < -0.3 is 4.90 Å². The van der Waals surface area contributed by atoms with Crippen LogP contribution in [0.4, 0.5) is 0 Å². The predicted octanol–water partition coefficient (Wildman–Crippen LogP) is 4.47. The molecule has 0 fully saturated rings. The van der Waals surface area contributed by atoms with Gasteiger partial charge in [0.1, 0.15) is 0 Å². The molecule has 2 heterocycles. The fourth-order valence-corrected chi connectivity index (χ4v) is 3.40. The van der Waals surface area contributed by atoms with Crippen molar-refractivity contribution in [3.05, 3.63) is 52.4 Å². The molecule has 0 bridgehead atoms. The fourth-order valence-electron chi connectivity index (χ4n) is 2.72. The van der Waals surface area contributed by atoms with Gasteiger partial charge in [0.15, 0.2) is 11.8 Å². The number of quaternary nitrogens is 1. The van der Waals surface area contributed by atoms with Crippen LogP contribution in [0.25, 0.3) is 10.9 Å². The normalized spacial score (nSPS) is 22.2. The molecule has 1 aromatic carbocycles. The third kappa shape index (κ3) is 2.58. The van der Waals surface area contributed by atoms with Crippen LogP contribution in [-0.2, 0) is 6.54 Å². The molecule has 1 atom stereocenters. The first-order valence-electron chi connectivity index (χ1n) is 7.42. The number of nitrogens with zero attached hydrogens (tertiary/aromatic N) is 3. The van der Waals surface area contributed by atoms with Crippen LogP contribution in [0, 0.1) is 0 Å². The van der Waals surface area contributed by atoms with Crippen molar-refractivity contribution in [3.8, 4) is 0 Å². The van der Waals surface area contributed by atoms with Gasteiger partial charge in [-0.2, -0.15) is 0 Å². The maximum Gasteiger partial charge on any atom is 0.238 e. The van der Waals surface area contributed by atoms with Crippen LogP contribution < -0.4 is 0 Å². The van der Waals surface area contributed by atoms with Crippen molar-refractivity contribution in [2.75, 3.05) is 13.7 Å². The Bertz CT molecular complexity index is 742. The van der Waals surface area contributed by atoms with E-state index in [1.807, 2.05) is 18.2 Å². The number of para-hydroxylation sites is 1. The summed E-state index contributed by atoms with van der Waals surface area (Å²) < 4.78 is 0.633. The zero-order valence-electron chi connectivity index (χ0n) is 13.1. The molecule has 0 spiro atoms. The molecule has 1 aliphatic heterocycles. The Hall–Kier alpha value is -1.29. The number of aromatic nitrogens is 1. The van der Waals surface area contributed by atoms with Crippen molar-refractivity contribution >= 4 is 34.1 Å². The van der Waals surface area contributed by atoms with Crippen molar-refractivity contribution in [2.45, 2.75) is 26.4 Å². The number of fused-ring (bicyclic) bond motifs is 1. The molecule has 1 unspecified atom stereocenters. The zero-order chi connectivity index (χ0) is 15.9. The summed E-state index contributed by atoms with van der Waals surface area (Å²) in [5.41, 5.74) is 2.00. The summed E-state index contributed by atoms with van der Waals surface area (Å²) in [4.78, 5) is 6.82. The molecule has 2 aromatic rings. The Balaban J connectivity index is 1.87. The lowest BCUT2D eigenvalue weighted by atomic mass is 10.2. The summed E-state index contributed by atoms with van der Waals surface area (Å²) >= 11 is 12.9. The Morgan fingerprint density at radius 2 is 1.91 bits per heavy atom. The molecular weight excluding hydrogens is 317 g/mol. The van der Waals surface area contributed by atoms with Crippen LogP contribution in [0.5, 0.6) is 0 Å². The highest BCUT2D eigenvalue weighted by molar-refractivity contribution is 6.38. The standard InChI is InChI=1S/C17H20Cl2N3/c1-12(2)22(3)11-21(16(18)17(22)19)10-14-9-8-13-6-4-5-7-15(13)20-14/h4-9,12H,10-11H2,1-3H3/q+1. The number of halogens is 2. The maximum absolute atomic E-state index is 6.48. The Labute approximate surface area is 141 Å². The first kappa shape index (κ1) is 15.6. The second-order valence-electron chi connectivity index (χ2n) is 6.28. The predicted molar refractivity (Wildman–Crippen MR) is 92.2 cm³/mol. The van der Waals surface area contributed by atoms with Crippen LogP contribution in [0.1, 0.15) is 19.5 Å². The molecule has 0 radical (unpaired) electrons. The van der Waals surface area contributed by atoms with Crippen molar-refractivity contribution in [2.24, 2.45) is 0 Å². The van der Waals surface area contributed by atoms with Gasteiger partial charge in [0.05, 0.1) is 30.8 Å². The van der Waals surface area contributed by atoms with E-state index in [1.165, 1.54) is 0 Å². The quantitative estimate of drug-likeness (QED) is 0.607. The molecule has 22 heavy (non-hydrogen) atoms. The average molecular weight is 337 g/mol. The summed E-state index contributed by atoms with van der Waals surface area (Å²) in [6.07, 6.45) is 0. The Morgan fingerprint density at radius 3 is 2.59 bits per heavy atom. The zero-order valence-corrected chi connectivity index (χ0v) is 14.6. The molecule has 3 rings (SSSR count). The molecule has 1 aromatic heterocycles. The number of benzene rings is 1. The molecule has 1 aliphatic rings. The third-order valence-corrected chi connectivity index (χ3v) is 5.59. The smallest absolute Gasteiger partial charge is 0.238 e. The summed E-state index contributed by atoms with van der Waals surface area (Å²) in [6, 6.07) is 12.7. The van der Waals surface area contributed by atoms with E-state index in [1.54, 1.807) is 0 Å². The highest BCUT2D eigenvalue weighted by atomic mass is 35.5. The summed E-state index contributed by atoms with van der Waals surface area (Å²) in [5, 5.41) is 2.49. The minimum absolute atomic E-state index is 0.371. The molecule has 5 heteroatoms. The topological polar surface area (TPSA) is 16.1 Å². The van der Waals surface area contributed by atoms with E-state index < -0.39 is 0 Å². The lowest BCUT2D eigenvalue weighted by Gasteiger charge is -2.33. The van der Waals surface area contributed by atoms with Gasteiger partial charge in [-0.1, -0.05) is 35.9 Å². The van der Waals surface area contributed by atoms with Gasteiger partial charge in [0.2, 0.25) is 5.16 Å². The summed E-state index contributed by atoms with van der Waals surface area (Å²) in [5.74, 6) is 0. The van der Waals surface area contributed by atoms with Gasteiger partial charge in [-0.25, -0.2) is 0 Å². The molecule has 0 N–H and O–H groups in total. The highest BCUT2D eigenvalue weighted by Gasteiger charge is 2.42. The largest absolute Gasteiger partial charge is 0.303 e. The Kier molecular flexibility index (Phi) is 4.06. The van der Waals surface area contributed by atoms with Crippen LogP contribution in [0.3, 0.4) is 0 Å². The minimum atomic E-state index is 0.371. The molecule has 0 amide bonds. The van der Waals surface area contributed by atoms with E-state index in [0.29, 0.717) is 27.4 Å². The fraction of sp³-hybridized carbons (Fsp3) is 0.353. The number of rotatable bonds is 3. The van der Waals surface area contributed by atoms with Gasteiger partial charge in [-0.05, 0) is 37.6 Å². The molecular formula is C17H20Cl2N3+. The van der Waals surface area contributed by atoms with Gasteiger partial charge in [0.25, 0.3) is 0 Å². The average Bonchev–Trinajstić information content (AvgIpc) is 2.72. The van der Waals surface area contributed by atoms with Crippen molar-refractivity contribution in [3.63, 3.8) is 0 Å². The lowest BCUT2D eigenvalue weighted by Crippen LogP contribution is -2.48. The van der Waals surface area contributed by atoms with Gasteiger partial charge >= 0.3 is 0 Å². The van der Waals surface area contributed by atoms with E-state index in [2.05, 4.69) is 44.0 Å². The van der Waals surface area contributed by atoms with Crippen LogP contribution >= 0.6 is 23.2 Å². The second kappa shape index (κ2) is 5.73. The first-order valence-corrected chi connectivity index (χ1v) is 8.18. The summed E-state index contributed by atoms with van der Waals surface area (Å²) in [7, 11) is 2.11. The number of pyridine rings is 1. The number of hydrogen-bond donors (Lipinski definition) is 0. The van der Waals surface area contributed by atoms with Crippen molar-refractivity contribution in [1.82, 2.24) is 9.88 Å². The van der Waals surface area contributed by atoms with Gasteiger partial charge in [-0.3, -0.25) is 9.47 Å². The van der Waals surface area contributed by atoms with E-state index in [0.717, 1.165) is 23.3 Å². The molecule has 3 nitrogen and oxygen atoms in total. The molecule has 0 aliphatic carbocycles. The SMILES string of the molecule is CC(C)[N+]1(C)CN(Cc2ccc3ccccc3n2)C(Cl)=C1Cl. The van der Waals surface area contributed by atoms with Crippen LogP contribution in [0.2, 0.25) is 0 Å². The van der Waals surface area contributed by atoms with E-state index >= 15 is 0 Å². The monoisotopic (exact) mass is 336 g/mol. The van der Waals surface area contributed by atoms with Crippen molar-refractivity contribution in [1.29, 1.82) is 0 Å². The molecule has 116 valence electrons. The van der Waals surface area contributed by atoms with Crippen LogP contribution in [0.15, 0.2) is 46.7 Å². The second-order valence-corrected chi connectivity index (χ2v) is 6.99. The maximum atomic E-state index is 6.48. The number of hydrogen-bond acceptors (Lipinski definition) is 2. The van der Waals surface area contributed by atoms with E-state index in [4.69, 9.17) is 28.2 Å². The van der Waals surface area contributed by atoms with Crippen LogP contribution in [-0.4, -0.2) is 34.1 Å². The van der Waals surface area contributed by atoms with Gasteiger partial charge in [-0.15, -0.1) is 0 Å². The third-order valence-electron chi connectivity index (χ3n) is 4.51. The van der Waals surface area contributed by atoms with E-state index in [9.17, 15) is 0 Å². The molecule has 0 saturated heterocycles. The summed E-state index contributed by atoms with van der Waals surface area (Å²) in [6.45, 7) is 5.75. The highest BCUT2D eigenvalue weighted by Crippen LogP contribution is 2.37.